The number of anilines is 1. The quantitative estimate of drug-likeness (QED) is 0.564. The summed E-state index contributed by atoms with van der Waals surface area (Å²) in [6.07, 6.45) is 1.86. The van der Waals surface area contributed by atoms with E-state index in [1.807, 2.05) is 41.3 Å². The van der Waals surface area contributed by atoms with E-state index in [2.05, 4.69) is 15.9 Å². The lowest BCUT2D eigenvalue weighted by atomic mass is 9.75. The molecule has 0 saturated heterocycles. The second kappa shape index (κ2) is 8.89. The summed E-state index contributed by atoms with van der Waals surface area (Å²) >= 11 is 9.53. The maximum atomic E-state index is 13.2. The molecule has 7 heteroatoms. The highest BCUT2D eigenvalue weighted by Gasteiger charge is 2.43. The number of halogens is 2. The van der Waals surface area contributed by atoms with Crippen LogP contribution in [0, 0.1) is 0 Å². The van der Waals surface area contributed by atoms with Crippen LogP contribution in [-0.2, 0) is 14.3 Å². The molecule has 2 N–H and O–H groups in total. The first-order chi connectivity index (χ1) is 14.9. The molecule has 0 radical (unpaired) electrons. The van der Waals surface area contributed by atoms with Gasteiger partial charge in [0.25, 0.3) is 0 Å². The van der Waals surface area contributed by atoms with E-state index in [0.717, 1.165) is 27.8 Å². The number of carbonyl (C=O) groups excluding carboxylic acids is 2. The molecule has 31 heavy (non-hydrogen) atoms. The number of rotatable bonds is 4. The van der Waals surface area contributed by atoms with E-state index in [9.17, 15) is 9.59 Å². The average molecular weight is 502 g/mol. The third kappa shape index (κ3) is 4.02. The van der Waals surface area contributed by atoms with Crippen molar-refractivity contribution in [3.63, 3.8) is 0 Å². The molecular weight excluding hydrogens is 480 g/mol. The molecule has 0 amide bonds. The lowest BCUT2D eigenvalue weighted by Crippen LogP contribution is -2.41. The Labute approximate surface area is 194 Å². The maximum absolute atomic E-state index is 13.2. The van der Waals surface area contributed by atoms with Crippen LogP contribution in [-0.4, -0.2) is 18.4 Å². The van der Waals surface area contributed by atoms with E-state index >= 15 is 0 Å². The lowest BCUT2D eigenvalue weighted by molar-refractivity contribution is -0.138. The molecule has 2 aromatic carbocycles. The van der Waals surface area contributed by atoms with Gasteiger partial charge in [0.2, 0.25) is 0 Å². The van der Waals surface area contributed by atoms with E-state index in [1.165, 1.54) is 0 Å². The van der Waals surface area contributed by atoms with Crippen LogP contribution in [0.15, 0.2) is 75.7 Å². The van der Waals surface area contributed by atoms with Gasteiger partial charge in [0.1, 0.15) is 5.82 Å². The molecule has 0 fully saturated rings. The maximum Gasteiger partial charge on any atom is 0.338 e. The van der Waals surface area contributed by atoms with Crippen LogP contribution in [0.4, 0.5) is 5.69 Å². The van der Waals surface area contributed by atoms with Gasteiger partial charge in [0, 0.05) is 32.9 Å². The van der Waals surface area contributed by atoms with Crippen LogP contribution >= 0.6 is 27.5 Å². The van der Waals surface area contributed by atoms with Gasteiger partial charge in [0.15, 0.2) is 5.78 Å². The number of nitrogens with zero attached hydrogens (tertiary/aromatic N) is 1. The Morgan fingerprint density at radius 1 is 1.16 bits per heavy atom. The predicted molar refractivity (Wildman–Crippen MR) is 125 cm³/mol. The average Bonchev–Trinajstić information content (AvgIpc) is 2.75. The number of benzene rings is 2. The molecule has 0 aromatic heterocycles. The molecule has 4 rings (SSSR count). The molecule has 1 aliphatic carbocycles. The topological polar surface area (TPSA) is 72.6 Å². The van der Waals surface area contributed by atoms with Gasteiger partial charge in [0.05, 0.1) is 18.1 Å². The molecule has 5 nitrogen and oxygen atoms in total. The fraction of sp³-hybridized carbons (Fsp3) is 0.250. The van der Waals surface area contributed by atoms with E-state index < -0.39 is 11.9 Å². The van der Waals surface area contributed by atoms with Crippen LogP contribution in [0.5, 0.6) is 0 Å². The van der Waals surface area contributed by atoms with Gasteiger partial charge in [-0.25, -0.2) is 4.79 Å². The summed E-state index contributed by atoms with van der Waals surface area (Å²) < 4.78 is 6.29. The molecular formula is C24H22BrClN2O3. The summed E-state index contributed by atoms with van der Waals surface area (Å²) in [4.78, 5) is 28.1. The van der Waals surface area contributed by atoms with Crippen molar-refractivity contribution in [1.82, 2.24) is 0 Å². The van der Waals surface area contributed by atoms with E-state index in [1.54, 1.807) is 19.1 Å². The molecule has 1 unspecified atom stereocenters. The number of ketones is 1. The van der Waals surface area contributed by atoms with Gasteiger partial charge in [-0.05, 0) is 61.7 Å². The number of ether oxygens (including phenoxy) is 1. The van der Waals surface area contributed by atoms with Gasteiger partial charge in [-0.3, -0.25) is 9.69 Å². The number of hydrogen-bond donors (Lipinski definition) is 1. The zero-order chi connectivity index (χ0) is 22.1. The van der Waals surface area contributed by atoms with Crippen LogP contribution in [0.1, 0.15) is 37.7 Å². The summed E-state index contributed by atoms with van der Waals surface area (Å²) in [6, 6.07) is 14.8. The Bertz CT molecular complexity index is 1090. The van der Waals surface area contributed by atoms with Crippen molar-refractivity contribution in [3.05, 3.63) is 86.3 Å². The monoisotopic (exact) mass is 500 g/mol. The van der Waals surface area contributed by atoms with Crippen molar-refractivity contribution in [2.24, 2.45) is 5.73 Å². The summed E-state index contributed by atoms with van der Waals surface area (Å²) in [5.41, 5.74) is 9.96. The zero-order valence-corrected chi connectivity index (χ0v) is 19.4. The van der Waals surface area contributed by atoms with Crippen molar-refractivity contribution in [3.8, 4) is 0 Å². The fourth-order valence-electron chi connectivity index (χ4n) is 4.27. The van der Waals surface area contributed by atoms with Crippen LogP contribution in [0.2, 0.25) is 5.02 Å². The fourth-order valence-corrected chi connectivity index (χ4v) is 4.66. The Balaban J connectivity index is 1.98. The largest absolute Gasteiger partial charge is 0.463 e. The minimum absolute atomic E-state index is 0.0300. The van der Waals surface area contributed by atoms with Crippen LogP contribution in [0.3, 0.4) is 0 Å². The van der Waals surface area contributed by atoms with Crippen LogP contribution in [0.25, 0.3) is 0 Å². The number of hydrogen-bond acceptors (Lipinski definition) is 5. The predicted octanol–water partition coefficient (Wildman–Crippen LogP) is 5.45. The highest BCUT2D eigenvalue weighted by Crippen LogP contribution is 2.47. The zero-order valence-electron chi connectivity index (χ0n) is 17.0. The smallest absolute Gasteiger partial charge is 0.338 e. The highest BCUT2D eigenvalue weighted by atomic mass is 79.9. The van der Waals surface area contributed by atoms with E-state index in [-0.39, 0.29) is 23.8 Å². The Morgan fingerprint density at radius 3 is 2.48 bits per heavy atom. The second-order valence-corrected chi connectivity index (χ2v) is 8.80. The number of allylic oxidation sites excluding steroid dienone is 2. The molecule has 0 spiro atoms. The molecule has 0 bridgehead atoms. The third-order valence-electron chi connectivity index (χ3n) is 5.58. The van der Waals surface area contributed by atoms with Crippen LogP contribution < -0.4 is 10.6 Å². The molecule has 160 valence electrons. The summed E-state index contributed by atoms with van der Waals surface area (Å²) in [5, 5.41) is 0.593. The van der Waals surface area contributed by atoms with E-state index in [4.69, 9.17) is 22.1 Å². The van der Waals surface area contributed by atoms with Gasteiger partial charge < -0.3 is 10.5 Å². The number of Topliss-reactive ketones (excluding diaryl/α,β-unsaturated/α-hetero) is 1. The molecule has 2 aliphatic rings. The molecule has 1 atom stereocenters. The van der Waals surface area contributed by atoms with Crippen molar-refractivity contribution >= 4 is 45.0 Å². The highest BCUT2D eigenvalue weighted by molar-refractivity contribution is 9.10. The summed E-state index contributed by atoms with van der Waals surface area (Å²) in [5.74, 6) is -0.778. The van der Waals surface area contributed by atoms with Gasteiger partial charge in [-0.15, -0.1) is 0 Å². The lowest BCUT2D eigenvalue weighted by Gasteiger charge is -2.40. The van der Waals surface area contributed by atoms with Crippen molar-refractivity contribution in [2.75, 3.05) is 11.5 Å². The minimum Gasteiger partial charge on any atom is -0.463 e. The van der Waals surface area contributed by atoms with Crippen molar-refractivity contribution in [1.29, 1.82) is 0 Å². The number of esters is 1. The SMILES string of the molecule is CCOC(=O)C1=C(N)N(c2ccc(Cl)cc2)C2=C(C(=O)CCC2)C1c1ccc(Br)cc1. The first-order valence-corrected chi connectivity index (χ1v) is 11.3. The molecule has 1 aliphatic heterocycles. The second-order valence-electron chi connectivity index (χ2n) is 7.45. The van der Waals surface area contributed by atoms with Gasteiger partial charge in [-0.1, -0.05) is 39.7 Å². The first-order valence-electron chi connectivity index (χ1n) is 10.2. The molecule has 1 heterocycles. The standard InChI is InChI=1S/C24H22BrClN2O3/c1-2-31-24(30)22-20(14-6-8-15(25)9-7-14)21-18(4-3-5-19(21)29)28(23(22)27)17-12-10-16(26)11-13-17/h6-13,20H,2-5,27H2,1H3. The van der Waals surface area contributed by atoms with Gasteiger partial charge in [-0.2, -0.15) is 0 Å². The van der Waals surface area contributed by atoms with Crippen molar-refractivity contribution in [2.45, 2.75) is 32.1 Å². The van der Waals surface area contributed by atoms with E-state index in [0.29, 0.717) is 23.4 Å². The third-order valence-corrected chi connectivity index (χ3v) is 6.36. The Morgan fingerprint density at radius 2 is 1.84 bits per heavy atom. The molecule has 2 aromatic rings. The number of carbonyl (C=O) groups is 2. The Hall–Kier alpha value is -2.57. The summed E-state index contributed by atoms with van der Waals surface area (Å²) in [6.45, 7) is 1.96. The summed E-state index contributed by atoms with van der Waals surface area (Å²) in [7, 11) is 0. The Kier molecular flexibility index (Phi) is 6.21. The van der Waals surface area contributed by atoms with Crippen molar-refractivity contribution < 1.29 is 14.3 Å². The minimum atomic E-state index is -0.571. The molecule has 0 saturated carbocycles. The first kappa shape index (κ1) is 21.7. The van der Waals surface area contributed by atoms with Gasteiger partial charge >= 0.3 is 5.97 Å². The number of nitrogens with two attached hydrogens (primary N) is 1. The normalized spacial score (nSPS) is 18.9.